The van der Waals surface area contributed by atoms with E-state index in [9.17, 15) is 9.59 Å². The normalized spacial score (nSPS) is 15.5. The molecule has 3 heterocycles. The number of nitrogens with one attached hydrogen (secondary N) is 2. The number of carbonyl (C=O) groups is 1. The van der Waals surface area contributed by atoms with Crippen molar-refractivity contribution in [3.63, 3.8) is 0 Å². The number of carbonyl (C=O) groups excluding carboxylic acids is 1. The van der Waals surface area contributed by atoms with Gasteiger partial charge in [0.15, 0.2) is 0 Å². The quantitative estimate of drug-likeness (QED) is 0.692. The molecular weight excluding hydrogens is 391 g/mol. The largest absolute Gasteiger partial charge is 0.379 e. The molecule has 0 unspecified atom stereocenters. The minimum atomic E-state index is -0.357. The van der Waals surface area contributed by atoms with Crippen LogP contribution in [0.15, 0.2) is 29.1 Å². The van der Waals surface area contributed by atoms with Crippen LogP contribution in [0, 0.1) is 0 Å². The second kappa shape index (κ2) is 7.52. The van der Waals surface area contributed by atoms with Crippen LogP contribution in [0.25, 0.3) is 16.6 Å². The number of halogens is 2. The smallest absolute Gasteiger partial charge is 0.274 e. The number of aromatic nitrogens is 2. The van der Waals surface area contributed by atoms with Crippen LogP contribution >= 0.6 is 23.2 Å². The first-order valence-electron chi connectivity index (χ1n) is 8.65. The van der Waals surface area contributed by atoms with Gasteiger partial charge in [-0.05, 0) is 24.3 Å². The zero-order chi connectivity index (χ0) is 19.0. The van der Waals surface area contributed by atoms with Crippen molar-refractivity contribution in [3.05, 3.63) is 50.4 Å². The van der Waals surface area contributed by atoms with Crippen molar-refractivity contribution in [1.29, 1.82) is 0 Å². The molecule has 1 aliphatic rings. The summed E-state index contributed by atoms with van der Waals surface area (Å²) in [6, 6.07) is 6.62. The number of H-pyrrole nitrogens is 1. The van der Waals surface area contributed by atoms with Crippen LogP contribution in [0.4, 0.5) is 0 Å². The maximum absolute atomic E-state index is 12.4. The topological polar surface area (TPSA) is 78.8 Å². The summed E-state index contributed by atoms with van der Waals surface area (Å²) < 4.78 is 6.89. The maximum Gasteiger partial charge on any atom is 0.274 e. The lowest BCUT2D eigenvalue weighted by Gasteiger charge is -2.26. The fourth-order valence-corrected chi connectivity index (χ4v) is 3.92. The molecule has 1 saturated heterocycles. The van der Waals surface area contributed by atoms with Crippen LogP contribution in [-0.2, 0) is 4.74 Å². The summed E-state index contributed by atoms with van der Waals surface area (Å²) in [5, 5.41) is 3.54. The number of rotatable bonds is 4. The van der Waals surface area contributed by atoms with Gasteiger partial charge in [0.2, 0.25) is 0 Å². The second-order valence-electron chi connectivity index (χ2n) is 6.39. The van der Waals surface area contributed by atoms with E-state index >= 15 is 0 Å². The van der Waals surface area contributed by atoms with E-state index in [0.29, 0.717) is 28.3 Å². The molecule has 0 aliphatic carbocycles. The number of amides is 1. The monoisotopic (exact) mass is 408 g/mol. The van der Waals surface area contributed by atoms with Gasteiger partial charge in [-0.15, -0.1) is 0 Å². The number of benzene rings is 1. The highest BCUT2D eigenvalue weighted by Gasteiger charge is 2.15. The zero-order valence-electron chi connectivity index (χ0n) is 14.4. The number of hydrogen-bond acceptors (Lipinski definition) is 4. The summed E-state index contributed by atoms with van der Waals surface area (Å²) in [6.45, 7) is 4.54. The molecule has 3 aromatic rings. The molecule has 0 bridgehead atoms. The van der Waals surface area contributed by atoms with Crippen molar-refractivity contribution >= 4 is 45.7 Å². The van der Waals surface area contributed by atoms with E-state index in [1.807, 2.05) is 0 Å². The fraction of sp³-hybridized carbons (Fsp3) is 0.333. The number of nitrogens with zero attached hydrogens (tertiary/aromatic N) is 2. The van der Waals surface area contributed by atoms with Crippen LogP contribution in [0.5, 0.6) is 0 Å². The number of aromatic amines is 1. The van der Waals surface area contributed by atoms with Crippen molar-refractivity contribution in [2.24, 2.45) is 0 Å². The summed E-state index contributed by atoms with van der Waals surface area (Å²) in [5.74, 6) is -0.192. The zero-order valence-corrected chi connectivity index (χ0v) is 15.9. The molecular formula is C18H18Cl2N4O3. The molecule has 9 heteroatoms. The molecule has 0 atom stereocenters. The third-order valence-corrected chi connectivity index (χ3v) is 5.26. The third kappa shape index (κ3) is 3.55. The highest BCUT2D eigenvalue weighted by Crippen LogP contribution is 2.26. The first-order valence-corrected chi connectivity index (χ1v) is 9.41. The van der Waals surface area contributed by atoms with Crippen molar-refractivity contribution in [1.82, 2.24) is 19.6 Å². The summed E-state index contributed by atoms with van der Waals surface area (Å²) >= 11 is 12.3. The van der Waals surface area contributed by atoms with Gasteiger partial charge in [0.1, 0.15) is 10.7 Å². The Hall–Kier alpha value is -2.06. The predicted octanol–water partition coefficient (Wildman–Crippen LogP) is 2.15. The van der Waals surface area contributed by atoms with Crippen LogP contribution in [0.1, 0.15) is 10.4 Å². The van der Waals surface area contributed by atoms with Gasteiger partial charge in [0.05, 0.1) is 29.3 Å². The fourth-order valence-electron chi connectivity index (χ4n) is 3.30. The molecule has 1 fully saturated rings. The van der Waals surface area contributed by atoms with E-state index in [1.54, 1.807) is 22.6 Å². The van der Waals surface area contributed by atoms with E-state index in [1.165, 1.54) is 6.07 Å². The Bertz CT molecular complexity index is 1070. The Morgan fingerprint density at radius 1 is 1.22 bits per heavy atom. The SMILES string of the molecule is O=C(NCCN1CCOCC1)c1ccc2c(c1)[nH]c(=O)c1c(Cl)cc(Cl)n12. The molecule has 0 spiro atoms. The van der Waals surface area contributed by atoms with Gasteiger partial charge >= 0.3 is 0 Å². The lowest BCUT2D eigenvalue weighted by molar-refractivity contribution is 0.0383. The minimum Gasteiger partial charge on any atom is -0.379 e. The average molecular weight is 409 g/mol. The summed E-state index contributed by atoms with van der Waals surface area (Å²) in [6.07, 6.45) is 0. The molecule has 2 N–H and O–H groups in total. The summed E-state index contributed by atoms with van der Waals surface area (Å²) in [4.78, 5) is 29.8. The van der Waals surface area contributed by atoms with Gasteiger partial charge in [-0.1, -0.05) is 23.2 Å². The van der Waals surface area contributed by atoms with E-state index in [0.717, 1.165) is 32.8 Å². The van der Waals surface area contributed by atoms with Gasteiger partial charge in [0, 0.05) is 31.7 Å². The number of hydrogen-bond donors (Lipinski definition) is 2. The van der Waals surface area contributed by atoms with E-state index < -0.39 is 0 Å². The number of fused-ring (bicyclic) bond motifs is 3. The van der Waals surface area contributed by atoms with Crippen LogP contribution in [0.2, 0.25) is 10.2 Å². The van der Waals surface area contributed by atoms with Crippen molar-refractivity contribution in [3.8, 4) is 0 Å². The highest BCUT2D eigenvalue weighted by atomic mass is 35.5. The van der Waals surface area contributed by atoms with Crippen molar-refractivity contribution in [2.75, 3.05) is 39.4 Å². The minimum absolute atomic E-state index is 0.192. The lowest BCUT2D eigenvalue weighted by Crippen LogP contribution is -2.41. The Morgan fingerprint density at radius 2 is 2.00 bits per heavy atom. The highest BCUT2D eigenvalue weighted by molar-refractivity contribution is 6.37. The summed E-state index contributed by atoms with van der Waals surface area (Å²) in [7, 11) is 0. The molecule has 0 radical (unpaired) electrons. The van der Waals surface area contributed by atoms with E-state index in [2.05, 4.69) is 15.2 Å². The average Bonchev–Trinajstić information content (AvgIpc) is 2.97. The molecule has 1 aromatic carbocycles. The number of ether oxygens (including phenoxy) is 1. The van der Waals surface area contributed by atoms with Crippen LogP contribution < -0.4 is 10.9 Å². The van der Waals surface area contributed by atoms with E-state index in [-0.39, 0.29) is 22.0 Å². The molecule has 1 aliphatic heterocycles. The lowest BCUT2D eigenvalue weighted by atomic mass is 10.1. The molecule has 1 amide bonds. The second-order valence-corrected chi connectivity index (χ2v) is 7.19. The van der Waals surface area contributed by atoms with Gasteiger partial charge < -0.3 is 15.0 Å². The van der Waals surface area contributed by atoms with Crippen molar-refractivity contribution in [2.45, 2.75) is 0 Å². The standard InChI is InChI=1S/C18H18Cl2N4O3/c19-12-10-15(20)24-14-2-1-11(9-13(14)22-18(26)16(12)24)17(25)21-3-4-23-5-7-27-8-6-23/h1-2,9-10H,3-8H2,(H,21,25)(H,22,26). The molecule has 4 rings (SSSR count). The predicted molar refractivity (Wildman–Crippen MR) is 105 cm³/mol. The van der Waals surface area contributed by atoms with Gasteiger partial charge in [-0.2, -0.15) is 0 Å². The van der Waals surface area contributed by atoms with E-state index in [4.69, 9.17) is 27.9 Å². The molecule has 0 saturated carbocycles. The maximum atomic E-state index is 12.4. The first kappa shape index (κ1) is 18.3. The Balaban J connectivity index is 1.56. The summed E-state index contributed by atoms with van der Waals surface area (Å²) in [5.41, 5.74) is 1.59. The van der Waals surface area contributed by atoms with Gasteiger partial charge in [-0.3, -0.25) is 18.9 Å². The molecule has 2 aromatic heterocycles. The Kier molecular flexibility index (Phi) is 5.10. The van der Waals surface area contributed by atoms with Gasteiger partial charge in [0.25, 0.3) is 11.5 Å². The molecule has 27 heavy (non-hydrogen) atoms. The molecule has 7 nitrogen and oxygen atoms in total. The molecule has 142 valence electrons. The Labute approximate surface area is 164 Å². The van der Waals surface area contributed by atoms with Gasteiger partial charge in [-0.25, -0.2) is 0 Å². The van der Waals surface area contributed by atoms with Crippen molar-refractivity contribution < 1.29 is 9.53 Å². The Morgan fingerprint density at radius 3 is 2.78 bits per heavy atom. The first-order chi connectivity index (χ1) is 13.0. The number of morpholine rings is 1. The van der Waals surface area contributed by atoms with Crippen LogP contribution in [0.3, 0.4) is 0 Å². The van der Waals surface area contributed by atoms with Crippen LogP contribution in [-0.4, -0.2) is 59.6 Å². The third-order valence-electron chi connectivity index (χ3n) is 4.69.